The molecule has 0 bridgehead atoms. The molecule has 6 heteroatoms. The monoisotopic (exact) mass is 378 g/mol. The molecule has 3 aromatic rings. The molecule has 0 saturated carbocycles. The van der Waals surface area contributed by atoms with Gasteiger partial charge in [-0.15, -0.1) is 11.3 Å². The summed E-state index contributed by atoms with van der Waals surface area (Å²) in [4.78, 5) is 22.5. The summed E-state index contributed by atoms with van der Waals surface area (Å²) in [7, 11) is 0. The van der Waals surface area contributed by atoms with E-state index in [0.717, 1.165) is 37.1 Å². The van der Waals surface area contributed by atoms with Crippen molar-refractivity contribution < 1.29 is 4.79 Å². The van der Waals surface area contributed by atoms with Gasteiger partial charge in [0.25, 0.3) is 5.91 Å². The minimum atomic E-state index is -0.178. The Labute approximate surface area is 162 Å². The predicted molar refractivity (Wildman–Crippen MR) is 109 cm³/mol. The second-order valence-electron chi connectivity index (χ2n) is 6.87. The van der Waals surface area contributed by atoms with Crippen molar-refractivity contribution in [3.05, 3.63) is 64.9 Å². The van der Waals surface area contributed by atoms with Crippen LogP contribution in [0.2, 0.25) is 0 Å². The summed E-state index contributed by atoms with van der Waals surface area (Å²) < 4.78 is 0. The highest BCUT2D eigenvalue weighted by atomic mass is 32.1. The first-order valence-electron chi connectivity index (χ1n) is 9.19. The number of carbonyl (C=O) groups excluding carboxylic acids is 1. The van der Waals surface area contributed by atoms with Crippen molar-refractivity contribution in [1.29, 1.82) is 0 Å². The third-order valence-corrected chi connectivity index (χ3v) is 5.95. The summed E-state index contributed by atoms with van der Waals surface area (Å²) in [6.07, 6.45) is 7.52. The average Bonchev–Trinajstić information content (AvgIpc) is 3.18. The van der Waals surface area contributed by atoms with Crippen molar-refractivity contribution in [2.45, 2.75) is 25.7 Å². The van der Waals surface area contributed by atoms with Gasteiger partial charge in [0.15, 0.2) is 5.13 Å². The SMILES string of the molecule is Cc1ccc(-c2cncc(C(=O)Nc3ncc(C4CCNCC4)s3)c2)cc1. The Morgan fingerprint density at radius 2 is 1.89 bits per heavy atom. The normalized spacial score (nSPS) is 14.9. The summed E-state index contributed by atoms with van der Waals surface area (Å²) in [6.45, 7) is 4.14. The Kier molecular flexibility index (Phi) is 5.27. The highest BCUT2D eigenvalue weighted by Crippen LogP contribution is 2.32. The number of thiazole rings is 1. The summed E-state index contributed by atoms with van der Waals surface area (Å²) >= 11 is 1.57. The third-order valence-electron chi connectivity index (χ3n) is 4.87. The molecule has 0 spiro atoms. The van der Waals surface area contributed by atoms with E-state index in [9.17, 15) is 4.79 Å². The van der Waals surface area contributed by atoms with E-state index in [0.29, 0.717) is 16.6 Å². The van der Waals surface area contributed by atoms with Gasteiger partial charge in [0.1, 0.15) is 0 Å². The Balaban J connectivity index is 1.48. The molecular formula is C21H22N4OS. The molecule has 1 aliphatic heterocycles. The van der Waals surface area contributed by atoms with Gasteiger partial charge in [-0.1, -0.05) is 29.8 Å². The number of carbonyl (C=O) groups is 1. The van der Waals surface area contributed by atoms with Crippen LogP contribution in [-0.4, -0.2) is 29.0 Å². The van der Waals surface area contributed by atoms with E-state index >= 15 is 0 Å². The maximum atomic E-state index is 12.6. The van der Waals surface area contributed by atoms with Gasteiger partial charge in [0, 0.05) is 29.0 Å². The predicted octanol–water partition coefficient (Wildman–Crippen LogP) is 4.23. The molecule has 1 amide bonds. The Hall–Kier alpha value is -2.57. The van der Waals surface area contributed by atoms with Crippen LogP contribution in [0.1, 0.15) is 39.6 Å². The van der Waals surface area contributed by atoms with Crippen molar-refractivity contribution >= 4 is 22.4 Å². The molecular weight excluding hydrogens is 356 g/mol. The molecule has 4 rings (SSSR count). The quantitative estimate of drug-likeness (QED) is 0.713. The van der Waals surface area contributed by atoms with E-state index in [1.54, 1.807) is 23.7 Å². The van der Waals surface area contributed by atoms with Gasteiger partial charge in [0.05, 0.1) is 5.56 Å². The van der Waals surface area contributed by atoms with Gasteiger partial charge in [-0.2, -0.15) is 0 Å². The number of anilines is 1. The number of aromatic nitrogens is 2. The number of rotatable bonds is 4. The molecule has 0 radical (unpaired) electrons. The zero-order valence-corrected chi connectivity index (χ0v) is 16.1. The van der Waals surface area contributed by atoms with Gasteiger partial charge in [-0.05, 0) is 50.4 Å². The smallest absolute Gasteiger partial charge is 0.259 e. The standard InChI is InChI=1S/C21H22N4OS/c1-14-2-4-15(5-3-14)17-10-18(12-23-11-17)20(26)25-21-24-13-19(27-21)16-6-8-22-9-7-16/h2-5,10-13,16,22H,6-9H2,1H3,(H,24,25,26). The van der Waals surface area contributed by atoms with Crippen molar-refractivity contribution in [3.8, 4) is 11.1 Å². The Bertz CT molecular complexity index is 929. The van der Waals surface area contributed by atoms with Crippen molar-refractivity contribution in [2.75, 3.05) is 18.4 Å². The number of hydrogen-bond acceptors (Lipinski definition) is 5. The second kappa shape index (κ2) is 7.98. The van der Waals surface area contributed by atoms with Crippen LogP contribution < -0.4 is 10.6 Å². The van der Waals surface area contributed by atoms with E-state index in [1.165, 1.54) is 10.4 Å². The van der Waals surface area contributed by atoms with Gasteiger partial charge < -0.3 is 5.32 Å². The molecule has 3 heterocycles. The van der Waals surface area contributed by atoms with Gasteiger partial charge >= 0.3 is 0 Å². The zero-order valence-electron chi connectivity index (χ0n) is 15.2. The molecule has 0 aliphatic carbocycles. The summed E-state index contributed by atoms with van der Waals surface area (Å²) in [6, 6.07) is 10.1. The zero-order chi connectivity index (χ0) is 18.6. The number of aryl methyl sites for hydroxylation is 1. The van der Waals surface area contributed by atoms with E-state index in [2.05, 4.69) is 39.7 Å². The largest absolute Gasteiger partial charge is 0.317 e. The van der Waals surface area contributed by atoms with Crippen LogP contribution in [-0.2, 0) is 0 Å². The van der Waals surface area contributed by atoms with Crippen LogP contribution in [0, 0.1) is 6.92 Å². The minimum absolute atomic E-state index is 0.178. The molecule has 1 saturated heterocycles. The summed E-state index contributed by atoms with van der Waals surface area (Å²) in [5, 5.41) is 6.94. The molecule has 0 unspecified atom stereocenters. The number of pyridine rings is 1. The average molecular weight is 379 g/mol. The molecule has 0 atom stereocenters. The molecule has 1 aromatic carbocycles. The van der Waals surface area contributed by atoms with E-state index < -0.39 is 0 Å². The lowest BCUT2D eigenvalue weighted by Gasteiger charge is -2.20. The topological polar surface area (TPSA) is 66.9 Å². The Morgan fingerprint density at radius 3 is 2.67 bits per heavy atom. The van der Waals surface area contributed by atoms with Gasteiger partial charge in [-0.25, -0.2) is 4.98 Å². The van der Waals surface area contributed by atoms with E-state index in [4.69, 9.17) is 0 Å². The van der Waals surface area contributed by atoms with Crippen LogP contribution >= 0.6 is 11.3 Å². The third kappa shape index (κ3) is 4.23. The first kappa shape index (κ1) is 17.8. The fourth-order valence-corrected chi connectivity index (χ4v) is 4.26. The first-order chi connectivity index (χ1) is 13.2. The molecule has 27 heavy (non-hydrogen) atoms. The van der Waals surface area contributed by atoms with Gasteiger partial charge in [0.2, 0.25) is 0 Å². The fraction of sp³-hybridized carbons (Fsp3) is 0.286. The molecule has 1 aliphatic rings. The Morgan fingerprint density at radius 1 is 1.11 bits per heavy atom. The van der Waals surface area contributed by atoms with Crippen molar-refractivity contribution in [3.63, 3.8) is 0 Å². The van der Waals surface area contributed by atoms with Crippen LogP contribution in [0.25, 0.3) is 11.1 Å². The van der Waals surface area contributed by atoms with Crippen LogP contribution in [0.4, 0.5) is 5.13 Å². The highest BCUT2D eigenvalue weighted by Gasteiger charge is 2.18. The molecule has 2 N–H and O–H groups in total. The van der Waals surface area contributed by atoms with Crippen LogP contribution in [0.15, 0.2) is 48.9 Å². The lowest BCUT2D eigenvalue weighted by atomic mass is 9.97. The van der Waals surface area contributed by atoms with E-state index in [1.807, 2.05) is 24.4 Å². The first-order valence-corrected chi connectivity index (χ1v) is 10.0. The fourth-order valence-electron chi connectivity index (χ4n) is 3.28. The molecule has 138 valence electrons. The van der Waals surface area contributed by atoms with E-state index in [-0.39, 0.29) is 5.91 Å². The number of nitrogens with one attached hydrogen (secondary N) is 2. The lowest BCUT2D eigenvalue weighted by molar-refractivity contribution is 0.102. The second-order valence-corrected chi connectivity index (χ2v) is 7.94. The molecule has 5 nitrogen and oxygen atoms in total. The maximum absolute atomic E-state index is 12.6. The van der Waals surface area contributed by atoms with Crippen molar-refractivity contribution in [2.24, 2.45) is 0 Å². The highest BCUT2D eigenvalue weighted by molar-refractivity contribution is 7.15. The lowest BCUT2D eigenvalue weighted by Crippen LogP contribution is -2.26. The number of benzene rings is 1. The van der Waals surface area contributed by atoms with Gasteiger partial charge in [-0.3, -0.25) is 15.1 Å². The molecule has 2 aromatic heterocycles. The minimum Gasteiger partial charge on any atom is -0.317 e. The van der Waals surface area contributed by atoms with Crippen LogP contribution in [0.5, 0.6) is 0 Å². The number of nitrogens with zero attached hydrogens (tertiary/aromatic N) is 2. The number of hydrogen-bond donors (Lipinski definition) is 2. The number of piperidine rings is 1. The van der Waals surface area contributed by atoms with Crippen LogP contribution in [0.3, 0.4) is 0 Å². The summed E-state index contributed by atoms with van der Waals surface area (Å²) in [5.41, 5.74) is 3.71. The summed E-state index contributed by atoms with van der Waals surface area (Å²) in [5.74, 6) is 0.364. The van der Waals surface area contributed by atoms with Crippen molar-refractivity contribution in [1.82, 2.24) is 15.3 Å². The number of amides is 1. The maximum Gasteiger partial charge on any atom is 0.259 e. The molecule has 1 fully saturated rings.